The van der Waals surface area contributed by atoms with Gasteiger partial charge in [0, 0.05) is 49.1 Å². The minimum absolute atomic E-state index is 0.202. The van der Waals surface area contributed by atoms with Gasteiger partial charge in [-0.15, -0.1) is 0 Å². The predicted octanol–water partition coefficient (Wildman–Crippen LogP) is 1.49. The number of pyridine rings is 1. The summed E-state index contributed by atoms with van der Waals surface area (Å²) in [7, 11) is 1.49. The van der Waals surface area contributed by atoms with Crippen LogP contribution in [-0.2, 0) is 17.7 Å². The zero-order chi connectivity index (χ0) is 24.1. The Labute approximate surface area is 198 Å². The summed E-state index contributed by atoms with van der Waals surface area (Å²) in [6.45, 7) is 3.83. The van der Waals surface area contributed by atoms with E-state index in [1.807, 2.05) is 25.1 Å². The van der Waals surface area contributed by atoms with Crippen LogP contribution in [-0.4, -0.2) is 65.6 Å². The summed E-state index contributed by atoms with van der Waals surface area (Å²) in [5, 5.41) is 26.7. The molecule has 3 heterocycles. The van der Waals surface area contributed by atoms with E-state index in [4.69, 9.17) is 24.2 Å². The molecule has 3 aromatic rings. The Morgan fingerprint density at radius 3 is 2.56 bits per heavy atom. The molecule has 0 aliphatic carbocycles. The standard InChI is InChI=1S/C23H30BN5O5/c1-4-18-22(27-15-7-9-34-10-8-15)29-20-17(24(30)31)13-26-23(21(20)28-18)25-12-14-5-6-16(32-2)11-19(14)33-3/h5-6,11,13,15,30-31H,4,7-10,12H2,1-3H3,(H,25,26)(H,27,29). The summed E-state index contributed by atoms with van der Waals surface area (Å²) in [6, 6.07) is 5.82. The van der Waals surface area contributed by atoms with Crippen LogP contribution >= 0.6 is 0 Å². The predicted molar refractivity (Wildman–Crippen MR) is 131 cm³/mol. The number of ether oxygens (including phenoxy) is 3. The molecule has 0 spiro atoms. The van der Waals surface area contributed by atoms with Crippen LogP contribution in [0.25, 0.3) is 11.0 Å². The maximum Gasteiger partial charge on any atom is 0.492 e. The van der Waals surface area contributed by atoms with Crippen LogP contribution in [0.1, 0.15) is 31.0 Å². The van der Waals surface area contributed by atoms with E-state index in [1.165, 1.54) is 6.20 Å². The minimum atomic E-state index is -1.72. The molecule has 180 valence electrons. The molecular formula is C23H30BN5O5. The number of anilines is 2. The number of nitrogens with one attached hydrogen (secondary N) is 2. The van der Waals surface area contributed by atoms with Crippen LogP contribution in [0.2, 0.25) is 0 Å². The second kappa shape index (κ2) is 10.9. The zero-order valence-electron chi connectivity index (χ0n) is 19.7. The second-order valence-corrected chi connectivity index (χ2v) is 8.07. The van der Waals surface area contributed by atoms with Crippen molar-refractivity contribution in [3.05, 3.63) is 35.7 Å². The summed E-state index contributed by atoms with van der Waals surface area (Å²) >= 11 is 0. The van der Waals surface area contributed by atoms with Gasteiger partial charge in [0.05, 0.1) is 25.4 Å². The van der Waals surface area contributed by atoms with Gasteiger partial charge in [-0.05, 0) is 31.4 Å². The normalized spacial score (nSPS) is 14.1. The lowest BCUT2D eigenvalue weighted by atomic mass is 9.80. The monoisotopic (exact) mass is 467 g/mol. The summed E-state index contributed by atoms with van der Waals surface area (Å²) in [5.74, 6) is 2.53. The molecule has 4 N–H and O–H groups in total. The number of methoxy groups -OCH3 is 2. The average molecular weight is 467 g/mol. The highest BCUT2D eigenvalue weighted by molar-refractivity contribution is 6.61. The minimum Gasteiger partial charge on any atom is -0.497 e. The van der Waals surface area contributed by atoms with Crippen LogP contribution in [0.3, 0.4) is 0 Å². The number of hydrogen-bond acceptors (Lipinski definition) is 10. The molecule has 0 radical (unpaired) electrons. The van der Waals surface area contributed by atoms with Crippen LogP contribution in [0, 0.1) is 0 Å². The van der Waals surface area contributed by atoms with E-state index in [9.17, 15) is 10.0 Å². The molecule has 10 nitrogen and oxygen atoms in total. The van der Waals surface area contributed by atoms with Gasteiger partial charge >= 0.3 is 7.12 Å². The summed E-state index contributed by atoms with van der Waals surface area (Å²) in [5.41, 5.74) is 2.77. The number of nitrogens with zero attached hydrogens (tertiary/aromatic N) is 3. The summed E-state index contributed by atoms with van der Waals surface area (Å²) in [4.78, 5) is 14.0. The van der Waals surface area contributed by atoms with Crippen LogP contribution in [0.15, 0.2) is 24.4 Å². The topological polar surface area (TPSA) is 131 Å². The van der Waals surface area contributed by atoms with Crippen molar-refractivity contribution >= 4 is 35.3 Å². The molecule has 0 unspecified atom stereocenters. The molecule has 1 aliphatic heterocycles. The van der Waals surface area contributed by atoms with Gasteiger partial charge < -0.3 is 34.9 Å². The zero-order valence-corrected chi connectivity index (χ0v) is 19.7. The highest BCUT2D eigenvalue weighted by atomic mass is 16.5. The molecule has 1 saturated heterocycles. The number of aromatic nitrogens is 3. The fourth-order valence-electron chi connectivity index (χ4n) is 3.99. The first-order chi connectivity index (χ1) is 16.5. The third-order valence-electron chi connectivity index (χ3n) is 5.91. The smallest absolute Gasteiger partial charge is 0.492 e. The molecule has 0 atom stereocenters. The van der Waals surface area contributed by atoms with Crippen LogP contribution in [0.5, 0.6) is 11.5 Å². The van der Waals surface area contributed by atoms with E-state index in [0.717, 1.165) is 24.1 Å². The maximum atomic E-state index is 9.94. The lowest BCUT2D eigenvalue weighted by Gasteiger charge is -2.25. The number of rotatable bonds is 9. The molecule has 1 aliphatic rings. The molecule has 11 heteroatoms. The number of aryl methyl sites for hydroxylation is 1. The lowest BCUT2D eigenvalue weighted by Crippen LogP contribution is -2.33. The first kappa shape index (κ1) is 24.0. The fraction of sp³-hybridized carbons (Fsp3) is 0.435. The quantitative estimate of drug-likeness (QED) is 0.343. The molecule has 1 aromatic carbocycles. The number of hydrogen-bond donors (Lipinski definition) is 4. The highest BCUT2D eigenvalue weighted by Crippen LogP contribution is 2.27. The van der Waals surface area contributed by atoms with Crippen molar-refractivity contribution in [1.29, 1.82) is 0 Å². The molecule has 1 fully saturated rings. The first-order valence-corrected chi connectivity index (χ1v) is 11.4. The Bertz CT molecular complexity index is 1140. The van der Waals surface area contributed by atoms with Gasteiger partial charge in [0.25, 0.3) is 0 Å². The van der Waals surface area contributed by atoms with Crippen LogP contribution in [0.4, 0.5) is 11.6 Å². The van der Waals surface area contributed by atoms with Gasteiger partial charge in [0.15, 0.2) is 5.82 Å². The van der Waals surface area contributed by atoms with E-state index in [2.05, 4.69) is 15.6 Å². The number of fused-ring (bicyclic) bond motifs is 1. The van der Waals surface area contributed by atoms with E-state index in [-0.39, 0.29) is 11.5 Å². The van der Waals surface area contributed by atoms with Crippen molar-refractivity contribution in [2.24, 2.45) is 0 Å². The summed E-state index contributed by atoms with van der Waals surface area (Å²) < 4.78 is 16.2. The van der Waals surface area contributed by atoms with E-state index >= 15 is 0 Å². The van der Waals surface area contributed by atoms with Crippen molar-refractivity contribution in [1.82, 2.24) is 15.0 Å². The Morgan fingerprint density at radius 1 is 1.09 bits per heavy atom. The molecule has 0 saturated carbocycles. The van der Waals surface area contributed by atoms with Crippen LogP contribution < -0.4 is 25.6 Å². The molecule has 2 aromatic heterocycles. The van der Waals surface area contributed by atoms with Crippen molar-refractivity contribution in [3.8, 4) is 11.5 Å². The van der Waals surface area contributed by atoms with E-state index < -0.39 is 7.12 Å². The highest BCUT2D eigenvalue weighted by Gasteiger charge is 2.23. The SMILES string of the molecule is CCc1nc2c(NCc3ccc(OC)cc3OC)ncc(B(O)O)c2nc1NC1CCOCC1. The van der Waals surface area contributed by atoms with Gasteiger partial charge in [0.1, 0.15) is 22.8 Å². The number of benzene rings is 1. The largest absolute Gasteiger partial charge is 0.497 e. The van der Waals surface area contributed by atoms with E-state index in [1.54, 1.807) is 14.2 Å². The molecule has 4 rings (SSSR count). The average Bonchev–Trinajstić information content (AvgIpc) is 2.87. The summed E-state index contributed by atoms with van der Waals surface area (Å²) in [6.07, 6.45) is 3.83. The molecular weight excluding hydrogens is 437 g/mol. The molecule has 34 heavy (non-hydrogen) atoms. The van der Waals surface area contributed by atoms with E-state index in [0.29, 0.717) is 60.3 Å². The Morgan fingerprint density at radius 2 is 1.88 bits per heavy atom. The van der Waals surface area contributed by atoms with Gasteiger partial charge in [-0.2, -0.15) is 0 Å². The van der Waals surface area contributed by atoms with Crippen molar-refractivity contribution in [2.75, 3.05) is 38.1 Å². The van der Waals surface area contributed by atoms with Crippen molar-refractivity contribution < 1.29 is 24.3 Å². The maximum absolute atomic E-state index is 9.94. The van der Waals surface area contributed by atoms with Gasteiger partial charge in [-0.1, -0.05) is 6.92 Å². The van der Waals surface area contributed by atoms with Crippen molar-refractivity contribution in [3.63, 3.8) is 0 Å². The Kier molecular flexibility index (Phi) is 7.66. The van der Waals surface area contributed by atoms with Gasteiger partial charge in [-0.25, -0.2) is 15.0 Å². The third-order valence-corrected chi connectivity index (χ3v) is 5.91. The molecule has 0 bridgehead atoms. The second-order valence-electron chi connectivity index (χ2n) is 8.07. The first-order valence-electron chi connectivity index (χ1n) is 11.4. The van der Waals surface area contributed by atoms with Crippen molar-refractivity contribution in [2.45, 2.75) is 38.8 Å². The Balaban J connectivity index is 1.69. The third kappa shape index (κ3) is 5.16. The molecule has 0 amide bonds. The van der Waals surface area contributed by atoms with Gasteiger partial charge in [-0.3, -0.25) is 0 Å². The lowest BCUT2D eigenvalue weighted by molar-refractivity contribution is 0.0903. The van der Waals surface area contributed by atoms with Gasteiger partial charge in [0.2, 0.25) is 0 Å². The fourth-order valence-corrected chi connectivity index (χ4v) is 3.99. The Hall–Kier alpha value is -3.15.